The van der Waals surface area contributed by atoms with Crippen molar-refractivity contribution in [3.8, 4) is 0 Å². The van der Waals surface area contributed by atoms with Crippen molar-refractivity contribution >= 4 is 10.2 Å². The molecule has 0 radical (unpaired) electrons. The lowest BCUT2D eigenvalue weighted by atomic mass is 9.70. The molecule has 3 nitrogen and oxygen atoms in total. The number of rotatable bonds is 3. The lowest BCUT2D eigenvalue weighted by molar-refractivity contribution is 0.175. The molecule has 5 heteroatoms. The molecule has 1 aliphatic carbocycles. The van der Waals surface area contributed by atoms with Gasteiger partial charge in [0, 0.05) is 0 Å². The lowest BCUT2D eigenvalue weighted by Crippen LogP contribution is -2.42. The van der Waals surface area contributed by atoms with Crippen molar-refractivity contribution in [3.63, 3.8) is 0 Å². The van der Waals surface area contributed by atoms with Crippen LogP contribution >= 0.6 is 0 Å². The maximum atomic E-state index is 12.2. The zero-order valence-electron chi connectivity index (χ0n) is 6.22. The summed E-state index contributed by atoms with van der Waals surface area (Å²) in [7, 11) is -4.33. The highest BCUT2D eigenvalue weighted by molar-refractivity contribution is 7.86. The van der Waals surface area contributed by atoms with Crippen LogP contribution < -0.4 is 5.73 Å². The van der Waals surface area contributed by atoms with Gasteiger partial charge in [-0.1, -0.05) is 6.42 Å². The predicted molar refractivity (Wildman–Crippen MR) is 40.2 cm³/mol. The number of hydrogen-bond acceptors (Lipinski definition) is 3. The molecular weight excluding hydrogens is 169 g/mol. The van der Waals surface area contributed by atoms with E-state index in [9.17, 15) is 12.3 Å². The second kappa shape index (κ2) is 2.71. The second-order valence-electron chi connectivity index (χ2n) is 3.24. The van der Waals surface area contributed by atoms with Crippen molar-refractivity contribution in [2.45, 2.75) is 19.3 Å². The van der Waals surface area contributed by atoms with Crippen molar-refractivity contribution in [3.05, 3.63) is 0 Å². The molecule has 0 aliphatic heterocycles. The van der Waals surface area contributed by atoms with Crippen LogP contribution in [0.5, 0.6) is 0 Å². The maximum Gasteiger partial charge on any atom is 0.303 e. The molecule has 66 valence electrons. The molecule has 0 aromatic heterocycles. The summed E-state index contributed by atoms with van der Waals surface area (Å²) >= 11 is 0. The summed E-state index contributed by atoms with van der Waals surface area (Å²) in [5, 5.41) is 0. The molecular formula is C6H12FNO2S. The number of nitrogens with two attached hydrogens (primary N) is 1. The molecule has 2 N–H and O–H groups in total. The molecule has 0 bridgehead atoms. The summed E-state index contributed by atoms with van der Waals surface area (Å²) in [4.78, 5) is 0. The zero-order chi connectivity index (χ0) is 8.54. The van der Waals surface area contributed by atoms with E-state index >= 15 is 0 Å². The Morgan fingerprint density at radius 3 is 2.09 bits per heavy atom. The third-order valence-electron chi connectivity index (χ3n) is 2.33. The first-order chi connectivity index (χ1) is 4.97. The first kappa shape index (κ1) is 8.93. The van der Waals surface area contributed by atoms with E-state index in [4.69, 9.17) is 5.73 Å². The van der Waals surface area contributed by atoms with Gasteiger partial charge in [0.1, 0.15) is 0 Å². The first-order valence-electron chi connectivity index (χ1n) is 3.60. The highest BCUT2D eigenvalue weighted by Crippen LogP contribution is 2.41. The molecule has 1 fully saturated rings. The second-order valence-corrected chi connectivity index (χ2v) is 4.61. The molecule has 0 heterocycles. The molecule has 1 aliphatic rings. The summed E-state index contributed by atoms with van der Waals surface area (Å²) < 4.78 is 32.8. The predicted octanol–water partition coefficient (Wildman–Crippen LogP) is 0.415. The molecule has 0 unspecified atom stereocenters. The molecule has 0 saturated heterocycles. The SMILES string of the molecule is NCC1(CS(=O)(=O)F)CCC1. The van der Waals surface area contributed by atoms with Gasteiger partial charge in [-0.3, -0.25) is 0 Å². The standard InChI is InChI=1S/C6H12FNO2S/c7-11(9,10)5-6(4-8)2-1-3-6/h1-5,8H2. The number of halogens is 1. The zero-order valence-corrected chi connectivity index (χ0v) is 7.03. The molecule has 0 amide bonds. The number of hydrogen-bond donors (Lipinski definition) is 1. The first-order valence-corrected chi connectivity index (χ1v) is 5.15. The third-order valence-corrected chi connectivity index (χ3v) is 3.28. The van der Waals surface area contributed by atoms with Crippen molar-refractivity contribution in [1.82, 2.24) is 0 Å². The topological polar surface area (TPSA) is 60.2 Å². The van der Waals surface area contributed by atoms with Gasteiger partial charge in [0.2, 0.25) is 0 Å². The van der Waals surface area contributed by atoms with Gasteiger partial charge in [0.15, 0.2) is 0 Å². The minimum atomic E-state index is -4.33. The van der Waals surface area contributed by atoms with Crippen LogP contribution in [0.3, 0.4) is 0 Å². The highest BCUT2D eigenvalue weighted by atomic mass is 32.3. The lowest BCUT2D eigenvalue weighted by Gasteiger charge is -2.39. The van der Waals surface area contributed by atoms with E-state index in [1.165, 1.54) is 0 Å². The van der Waals surface area contributed by atoms with E-state index in [1.54, 1.807) is 0 Å². The summed E-state index contributed by atoms with van der Waals surface area (Å²) in [6.07, 6.45) is 2.45. The van der Waals surface area contributed by atoms with Gasteiger partial charge >= 0.3 is 10.2 Å². The average molecular weight is 181 g/mol. The van der Waals surface area contributed by atoms with Crippen LogP contribution in [-0.2, 0) is 10.2 Å². The minimum Gasteiger partial charge on any atom is -0.330 e. The molecule has 1 saturated carbocycles. The Balaban J connectivity index is 2.59. The van der Waals surface area contributed by atoms with Gasteiger partial charge in [-0.25, -0.2) is 0 Å². The van der Waals surface area contributed by atoms with Gasteiger partial charge in [-0.2, -0.15) is 8.42 Å². The fraction of sp³-hybridized carbons (Fsp3) is 1.00. The Morgan fingerprint density at radius 2 is 2.00 bits per heavy atom. The van der Waals surface area contributed by atoms with Crippen LogP contribution in [0.2, 0.25) is 0 Å². The van der Waals surface area contributed by atoms with Crippen LogP contribution in [0.15, 0.2) is 0 Å². The molecule has 1 rings (SSSR count). The Labute approximate surface area is 66.0 Å². The van der Waals surface area contributed by atoms with Crippen molar-refractivity contribution in [2.75, 3.05) is 12.3 Å². The average Bonchev–Trinajstić information content (AvgIpc) is 1.77. The third kappa shape index (κ3) is 2.13. The molecule has 0 atom stereocenters. The summed E-state index contributed by atoms with van der Waals surface area (Å²) in [5.74, 6) is -0.392. The van der Waals surface area contributed by atoms with Crippen LogP contribution in [0.4, 0.5) is 3.89 Å². The van der Waals surface area contributed by atoms with Gasteiger partial charge in [-0.15, -0.1) is 3.89 Å². The monoisotopic (exact) mass is 181 g/mol. The van der Waals surface area contributed by atoms with Crippen molar-refractivity contribution < 1.29 is 12.3 Å². The van der Waals surface area contributed by atoms with E-state index in [-0.39, 0.29) is 6.54 Å². The molecule has 11 heavy (non-hydrogen) atoms. The van der Waals surface area contributed by atoms with E-state index < -0.39 is 21.4 Å². The largest absolute Gasteiger partial charge is 0.330 e. The minimum absolute atomic E-state index is 0.274. The van der Waals surface area contributed by atoms with E-state index in [0.29, 0.717) is 0 Å². The van der Waals surface area contributed by atoms with E-state index in [2.05, 4.69) is 0 Å². The van der Waals surface area contributed by atoms with Gasteiger partial charge in [0.05, 0.1) is 5.75 Å². The van der Waals surface area contributed by atoms with E-state index in [1.807, 2.05) is 0 Å². The van der Waals surface area contributed by atoms with Crippen LogP contribution in [-0.4, -0.2) is 20.7 Å². The van der Waals surface area contributed by atoms with Crippen molar-refractivity contribution in [1.29, 1.82) is 0 Å². The van der Waals surface area contributed by atoms with Crippen molar-refractivity contribution in [2.24, 2.45) is 11.1 Å². The summed E-state index contributed by atoms with van der Waals surface area (Å²) in [6.45, 7) is 0.274. The van der Waals surface area contributed by atoms with Gasteiger partial charge < -0.3 is 5.73 Å². The van der Waals surface area contributed by atoms with Crippen LogP contribution in [0.25, 0.3) is 0 Å². The molecule has 0 spiro atoms. The molecule has 0 aromatic rings. The van der Waals surface area contributed by atoms with Gasteiger partial charge in [-0.05, 0) is 24.8 Å². The smallest absolute Gasteiger partial charge is 0.303 e. The highest BCUT2D eigenvalue weighted by Gasteiger charge is 2.39. The Bertz CT molecular complexity index is 227. The normalized spacial score (nSPS) is 22.7. The molecule has 0 aromatic carbocycles. The van der Waals surface area contributed by atoms with Crippen LogP contribution in [0, 0.1) is 5.41 Å². The maximum absolute atomic E-state index is 12.2. The summed E-state index contributed by atoms with van der Waals surface area (Å²) in [6, 6.07) is 0. The van der Waals surface area contributed by atoms with Gasteiger partial charge in [0.25, 0.3) is 0 Å². The fourth-order valence-electron chi connectivity index (χ4n) is 1.45. The Morgan fingerprint density at radius 1 is 1.45 bits per heavy atom. The Hall–Kier alpha value is -0.160. The van der Waals surface area contributed by atoms with Crippen LogP contribution in [0.1, 0.15) is 19.3 Å². The quantitative estimate of drug-likeness (QED) is 0.642. The Kier molecular flexibility index (Phi) is 2.20. The van der Waals surface area contributed by atoms with E-state index in [0.717, 1.165) is 19.3 Å². The summed E-state index contributed by atoms with van der Waals surface area (Å²) in [5.41, 5.74) is 4.91. The fourth-order valence-corrected chi connectivity index (χ4v) is 2.59.